The van der Waals surface area contributed by atoms with Crippen molar-refractivity contribution in [1.82, 2.24) is 20.8 Å². The number of nitrogens with one attached hydrogen (secondary N) is 4. The minimum absolute atomic E-state index is 0.0911. The molecule has 2 aromatic carbocycles. The number of hydrogen-bond donors (Lipinski definition) is 4. The molecule has 1 unspecified atom stereocenters. The van der Waals surface area contributed by atoms with Gasteiger partial charge in [0.05, 0.1) is 23.4 Å². The lowest BCUT2D eigenvalue weighted by Gasteiger charge is -2.44. The first-order chi connectivity index (χ1) is 13.7. The first kappa shape index (κ1) is 17.1. The third kappa shape index (κ3) is 3.07. The molecular weight excluding hydrogens is 354 g/mol. The Morgan fingerprint density at radius 2 is 2.00 bits per heavy atom. The molecule has 144 valence electrons. The second kappa shape index (κ2) is 6.83. The number of benzene rings is 2. The van der Waals surface area contributed by atoms with Gasteiger partial charge in [-0.3, -0.25) is 5.10 Å². The molecule has 1 atom stereocenters. The van der Waals surface area contributed by atoms with Crippen LogP contribution in [0, 0.1) is 0 Å². The average molecular weight is 377 g/mol. The first-order valence-corrected chi connectivity index (χ1v) is 9.71. The second-order valence-corrected chi connectivity index (χ2v) is 7.56. The van der Waals surface area contributed by atoms with Crippen molar-refractivity contribution in [2.75, 3.05) is 18.4 Å². The fourth-order valence-corrected chi connectivity index (χ4v) is 4.33. The van der Waals surface area contributed by atoms with E-state index in [-0.39, 0.29) is 17.7 Å². The highest BCUT2D eigenvalue weighted by molar-refractivity contribution is 6.00. The van der Waals surface area contributed by atoms with Crippen molar-refractivity contribution in [1.29, 1.82) is 0 Å². The van der Waals surface area contributed by atoms with Gasteiger partial charge in [-0.05, 0) is 44.1 Å². The van der Waals surface area contributed by atoms with Crippen LogP contribution in [0.1, 0.15) is 30.9 Å². The summed E-state index contributed by atoms with van der Waals surface area (Å²) in [5.74, 6) is 0.873. The largest absolute Gasteiger partial charge is 0.487 e. The molecule has 3 heterocycles. The van der Waals surface area contributed by atoms with E-state index in [1.807, 2.05) is 42.5 Å². The van der Waals surface area contributed by atoms with Gasteiger partial charge in [0.1, 0.15) is 11.4 Å². The molecule has 7 nitrogen and oxygen atoms in total. The summed E-state index contributed by atoms with van der Waals surface area (Å²) in [4.78, 5) is 12.8. The highest BCUT2D eigenvalue weighted by Crippen LogP contribution is 2.43. The van der Waals surface area contributed by atoms with Crippen LogP contribution in [0.25, 0.3) is 10.9 Å². The summed E-state index contributed by atoms with van der Waals surface area (Å²) >= 11 is 0. The summed E-state index contributed by atoms with van der Waals surface area (Å²) in [5, 5.41) is 17.4. The third-order valence-corrected chi connectivity index (χ3v) is 5.75. The number of ether oxygens (including phenoxy) is 1. The molecule has 0 aliphatic carbocycles. The van der Waals surface area contributed by atoms with Crippen LogP contribution >= 0.6 is 0 Å². The number of rotatable bonds is 2. The lowest BCUT2D eigenvalue weighted by atomic mass is 9.81. The van der Waals surface area contributed by atoms with Crippen molar-refractivity contribution in [3.05, 3.63) is 54.2 Å². The highest BCUT2D eigenvalue weighted by atomic mass is 16.5. The number of urea groups is 1. The quantitative estimate of drug-likeness (QED) is 0.551. The van der Waals surface area contributed by atoms with Crippen molar-refractivity contribution >= 4 is 22.6 Å². The zero-order chi connectivity index (χ0) is 19.0. The van der Waals surface area contributed by atoms with Gasteiger partial charge in [-0.15, -0.1) is 0 Å². The molecule has 5 rings (SSSR count). The maximum atomic E-state index is 12.8. The summed E-state index contributed by atoms with van der Waals surface area (Å²) in [6, 6.07) is 13.4. The number of anilines is 1. The Bertz CT molecular complexity index is 1010. The Labute approximate surface area is 162 Å². The van der Waals surface area contributed by atoms with Gasteiger partial charge in [0, 0.05) is 17.4 Å². The number of aromatic nitrogens is 2. The predicted molar refractivity (Wildman–Crippen MR) is 108 cm³/mol. The van der Waals surface area contributed by atoms with E-state index in [9.17, 15) is 4.79 Å². The van der Waals surface area contributed by atoms with E-state index in [1.165, 1.54) is 0 Å². The van der Waals surface area contributed by atoms with E-state index in [4.69, 9.17) is 4.74 Å². The van der Waals surface area contributed by atoms with Crippen molar-refractivity contribution in [2.45, 2.75) is 30.9 Å². The number of piperidine rings is 1. The lowest BCUT2D eigenvalue weighted by molar-refractivity contribution is 0.00488. The summed E-state index contributed by atoms with van der Waals surface area (Å²) in [6.07, 6.45) is 4.37. The Morgan fingerprint density at radius 1 is 1.14 bits per heavy atom. The van der Waals surface area contributed by atoms with Gasteiger partial charge in [0.2, 0.25) is 0 Å². The molecule has 1 saturated heterocycles. The zero-order valence-electron chi connectivity index (χ0n) is 15.5. The standard InChI is InChI=1S/C21H23N5O2/c27-20(24-16-5-3-6-17-15(16)13-23-26-17)25-18-12-21(8-10-22-11-9-21)28-19-7-2-1-4-14(18)19/h1-7,13,18,22H,8-12H2,(H,23,26)(H2,24,25,27). The monoisotopic (exact) mass is 377 g/mol. The number of para-hydroxylation sites is 1. The van der Waals surface area contributed by atoms with Crippen LogP contribution in [0.2, 0.25) is 0 Å². The Balaban J connectivity index is 1.38. The molecule has 0 saturated carbocycles. The van der Waals surface area contributed by atoms with Crippen molar-refractivity contribution in [3.63, 3.8) is 0 Å². The predicted octanol–water partition coefficient (Wildman–Crippen LogP) is 3.33. The summed E-state index contributed by atoms with van der Waals surface area (Å²) in [7, 11) is 0. The van der Waals surface area contributed by atoms with Gasteiger partial charge >= 0.3 is 6.03 Å². The average Bonchev–Trinajstić information content (AvgIpc) is 3.18. The molecule has 1 spiro atoms. The minimum Gasteiger partial charge on any atom is -0.487 e. The van der Waals surface area contributed by atoms with Crippen LogP contribution in [0.4, 0.5) is 10.5 Å². The van der Waals surface area contributed by atoms with Crippen molar-refractivity contribution in [3.8, 4) is 5.75 Å². The van der Waals surface area contributed by atoms with E-state index >= 15 is 0 Å². The number of amides is 2. The molecule has 28 heavy (non-hydrogen) atoms. The molecule has 2 amide bonds. The second-order valence-electron chi connectivity index (χ2n) is 7.56. The number of carbonyl (C=O) groups is 1. The van der Waals surface area contributed by atoms with E-state index in [0.29, 0.717) is 0 Å². The van der Waals surface area contributed by atoms with Crippen LogP contribution in [0.15, 0.2) is 48.7 Å². The fraction of sp³-hybridized carbons (Fsp3) is 0.333. The molecule has 2 aliphatic heterocycles. The number of carbonyl (C=O) groups excluding carboxylic acids is 1. The van der Waals surface area contributed by atoms with Gasteiger partial charge in [-0.25, -0.2) is 4.79 Å². The van der Waals surface area contributed by atoms with Crippen LogP contribution in [-0.4, -0.2) is 34.9 Å². The van der Waals surface area contributed by atoms with Gasteiger partial charge in [0.25, 0.3) is 0 Å². The summed E-state index contributed by atoms with van der Waals surface area (Å²) in [5.41, 5.74) is 2.44. The number of fused-ring (bicyclic) bond motifs is 2. The summed E-state index contributed by atoms with van der Waals surface area (Å²) in [6.45, 7) is 1.87. The Morgan fingerprint density at radius 3 is 2.89 bits per heavy atom. The molecule has 7 heteroatoms. The summed E-state index contributed by atoms with van der Waals surface area (Å²) < 4.78 is 6.41. The number of nitrogens with zero attached hydrogens (tertiary/aromatic N) is 1. The van der Waals surface area contributed by atoms with Crippen LogP contribution in [0.3, 0.4) is 0 Å². The Hall–Kier alpha value is -3.06. The minimum atomic E-state index is -0.223. The number of H-pyrrole nitrogens is 1. The molecule has 1 fully saturated rings. The van der Waals surface area contributed by atoms with E-state index in [2.05, 4.69) is 26.1 Å². The van der Waals surface area contributed by atoms with E-state index < -0.39 is 0 Å². The zero-order valence-corrected chi connectivity index (χ0v) is 15.5. The molecule has 2 aliphatic rings. The fourth-order valence-electron chi connectivity index (χ4n) is 4.33. The van der Waals surface area contributed by atoms with Crippen molar-refractivity contribution in [2.24, 2.45) is 0 Å². The van der Waals surface area contributed by atoms with Gasteiger partial charge in [0.15, 0.2) is 0 Å². The SMILES string of the molecule is O=C(Nc1cccc2[nH]ncc12)NC1CC2(CCNCC2)Oc2ccccc21. The maximum Gasteiger partial charge on any atom is 0.319 e. The first-order valence-electron chi connectivity index (χ1n) is 9.71. The third-order valence-electron chi connectivity index (χ3n) is 5.75. The van der Waals surface area contributed by atoms with Crippen LogP contribution in [-0.2, 0) is 0 Å². The molecule has 0 radical (unpaired) electrons. The Kier molecular flexibility index (Phi) is 4.16. The van der Waals surface area contributed by atoms with E-state index in [0.717, 1.165) is 60.3 Å². The lowest BCUT2D eigenvalue weighted by Crippen LogP contribution is -2.51. The van der Waals surface area contributed by atoms with Gasteiger partial charge < -0.3 is 20.7 Å². The van der Waals surface area contributed by atoms with Gasteiger partial charge in [-0.1, -0.05) is 24.3 Å². The molecule has 3 aromatic rings. The topological polar surface area (TPSA) is 91.1 Å². The maximum absolute atomic E-state index is 12.8. The van der Waals surface area contributed by atoms with Crippen LogP contribution < -0.4 is 20.7 Å². The van der Waals surface area contributed by atoms with Crippen molar-refractivity contribution < 1.29 is 9.53 Å². The molecule has 4 N–H and O–H groups in total. The number of hydrogen-bond acceptors (Lipinski definition) is 4. The van der Waals surface area contributed by atoms with E-state index in [1.54, 1.807) is 6.20 Å². The smallest absolute Gasteiger partial charge is 0.319 e. The van der Waals surface area contributed by atoms with Crippen LogP contribution in [0.5, 0.6) is 5.75 Å². The normalized spacial score (nSPS) is 20.4. The molecule has 0 bridgehead atoms. The molecular formula is C21H23N5O2. The molecule has 1 aromatic heterocycles. The van der Waals surface area contributed by atoms with Gasteiger partial charge in [-0.2, -0.15) is 5.10 Å². The number of aromatic amines is 1. The highest BCUT2D eigenvalue weighted by Gasteiger charge is 2.42.